The average molecular weight is 616 g/mol. The lowest BCUT2D eigenvalue weighted by molar-refractivity contribution is -0.0123. The summed E-state index contributed by atoms with van der Waals surface area (Å²) in [4.78, 5) is 18.5. The fourth-order valence-electron chi connectivity index (χ4n) is 8.05. The number of halogens is 1. The van der Waals surface area contributed by atoms with Crippen LogP contribution in [0.3, 0.4) is 0 Å². The average Bonchev–Trinajstić information content (AvgIpc) is 3.37. The van der Waals surface area contributed by atoms with Gasteiger partial charge in [0.2, 0.25) is 0 Å². The highest BCUT2D eigenvalue weighted by Crippen LogP contribution is 2.47. The first kappa shape index (κ1) is 30.1. The Bertz CT molecular complexity index is 1750. The molecule has 1 saturated carbocycles. The zero-order valence-corrected chi connectivity index (χ0v) is 26.4. The number of nitrogens with zero attached hydrogens (tertiary/aromatic N) is 5. The minimum Gasteiger partial charge on any atom is -0.508 e. The number of hydrogen-bond donors (Lipinski definition) is 2. The summed E-state index contributed by atoms with van der Waals surface area (Å²) in [5.74, 6) is -0.116. The minimum absolute atomic E-state index is 0.0184. The van der Waals surface area contributed by atoms with E-state index in [1.807, 2.05) is 23.1 Å². The summed E-state index contributed by atoms with van der Waals surface area (Å²) in [6.45, 7) is 6.60. The number of benzene rings is 2. The van der Waals surface area contributed by atoms with E-state index < -0.39 is 11.4 Å². The normalized spacial score (nSPS) is 25.9. The molecular formula is C35H42FN5O4. The number of anilines is 1. The molecule has 2 aromatic carbocycles. The third-order valence-corrected chi connectivity index (χ3v) is 10.1. The standard InChI is InChI=1S/C35H42FN5O4/c1-4-22-8-5-9-23-16-24(42)17-25(28(22)23)30-29(36)31-26(18-37-30)32(41-14-15-44-20-34(2,43)19-41)39-33(38-31)45-21-35-11-6-10-27(35)40(3)13-7-12-35/h5,8-9,16-18,27,42-43H,4,6-7,10-15,19-21H2,1-3H3/t27-,34+,35-/m1/s1. The summed E-state index contributed by atoms with van der Waals surface area (Å²) in [6.07, 6.45) is 7.93. The Labute approximate surface area is 263 Å². The quantitative estimate of drug-likeness (QED) is 0.292. The van der Waals surface area contributed by atoms with E-state index in [1.54, 1.807) is 25.3 Å². The Hall–Kier alpha value is -3.60. The van der Waals surface area contributed by atoms with Gasteiger partial charge >= 0.3 is 6.01 Å². The zero-order valence-electron chi connectivity index (χ0n) is 26.4. The van der Waals surface area contributed by atoms with Crippen LogP contribution in [-0.2, 0) is 11.2 Å². The number of hydrogen-bond acceptors (Lipinski definition) is 9. The van der Waals surface area contributed by atoms with Crippen molar-refractivity contribution in [2.24, 2.45) is 5.41 Å². The van der Waals surface area contributed by atoms with E-state index in [1.165, 1.54) is 0 Å². The second-order valence-electron chi connectivity index (χ2n) is 13.5. The maximum Gasteiger partial charge on any atom is 0.319 e. The van der Waals surface area contributed by atoms with E-state index in [4.69, 9.17) is 19.4 Å². The van der Waals surface area contributed by atoms with Gasteiger partial charge in [0.1, 0.15) is 28.4 Å². The molecular weight excluding hydrogens is 573 g/mol. The number of likely N-dealkylation sites (tertiary alicyclic amines) is 1. The molecule has 0 unspecified atom stereocenters. The van der Waals surface area contributed by atoms with Crippen LogP contribution in [0.25, 0.3) is 32.9 Å². The highest BCUT2D eigenvalue weighted by Gasteiger charge is 2.47. The molecule has 2 saturated heterocycles. The second-order valence-corrected chi connectivity index (χ2v) is 13.5. The number of phenols is 1. The van der Waals surface area contributed by atoms with Gasteiger partial charge in [-0.2, -0.15) is 9.97 Å². The number of piperidine rings is 1. The van der Waals surface area contributed by atoms with Crippen molar-refractivity contribution in [1.82, 2.24) is 19.9 Å². The lowest BCUT2D eigenvalue weighted by Crippen LogP contribution is -2.50. The van der Waals surface area contributed by atoms with Crippen molar-refractivity contribution < 1.29 is 24.1 Å². The van der Waals surface area contributed by atoms with Crippen molar-refractivity contribution in [1.29, 1.82) is 0 Å². The molecule has 1 aliphatic carbocycles. The van der Waals surface area contributed by atoms with Gasteiger partial charge in [0, 0.05) is 29.8 Å². The van der Waals surface area contributed by atoms with Gasteiger partial charge in [-0.1, -0.05) is 31.5 Å². The van der Waals surface area contributed by atoms with Gasteiger partial charge in [-0.15, -0.1) is 0 Å². The third kappa shape index (κ3) is 5.47. The fraction of sp³-hybridized carbons (Fsp3) is 0.514. The smallest absolute Gasteiger partial charge is 0.319 e. The molecule has 3 atom stereocenters. The molecule has 2 aromatic heterocycles. The van der Waals surface area contributed by atoms with E-state index >= 15 is 4.39 Å². The van der Waals surface area contributed by atoms with Gasteiger partial charge in [-0.05, 0) is 81.1 Å². The van der Waals surface area contributed by atoms with Gasteiger partial charge in [0.05, 0.1) is 31.8 Å². The van der Waals surface area contributed by atoms with Crippen molar-refractivity contribution in [3.63, 3.8) is 0 Å². The molecule has 0 bridgehead atoms. The van der Waals surface area contributed by atoms with E-state index in [9.17, 15) is 10.2 Å². The first-order valence-electron chi connectivity index (χ1n) is 16.2. The molecule has 9 nitrogen and oxygen atoms in total. The molecule has 0 spiro atoms. The second kappa shape index (κ2) is 11.6. The first-order valence-corrected chi connectivity index (χ1v) is 16.2. The largest absolute Gasteiger partial charge is 0.508 e. The maximum atomic E-state index is 16.9. The summed E-state index contributed by atoms with van der Waals surface area (Å²) in [7, 11) is 2.20. The number of aromatic nitrogens is 3. The topological polar surface area (TPSA) is 104 Å². The van der Waals surface area contributed by atoms with Crippen molar-refractivity contribution >= 4 is 27.5 Å². The SMILES string of the molecule is CCc1cccc2cc(O)cc(-c3ncc4c(N5CCOC[C@@](C)(O)C5)nc(OC[C@]56CCC[C@H]5N(C)CCC6)nc4c3F)c12. The monoisotopic (exact) mass is 615 g/mol. The number of rotatable bonds is 6. The third-order valence-electron chi connectivity index (χ3n) is 10.1. The summed E-state index contributed by atoms with van der Waals surface area (Å²) in [5.41, 5.74) is 0.635. The van der Waals surface area contributed by atoms with Crippen molar-refractivity contribution in [3.05, 3.63) is 47.9 Å². The Balaban J connectivity index is 1.37. The predicted molar refractivity (Wildman–Crippen MR) is 172 cm³/mol. The summed E-state index contributed by atoms with van der Waals surface area (Å²) >= 11 is 0. The van der Waals surface area contributed by atoms with Crippen LogP contribution in [0.1, 0.15) is 51.5 Å². The Morgan fingerprint density at radius 3 is 2.84 bits per heavy atom. The molecule has 45 heavy (non-hydrogen) atoms. The van der Waals surface area contributed by atoms with Crippen molar-refractivity contribution in [3.8, 4) is 23.0 Å². The molecule has 4 heterocycles. The summed E-state index contributed by atoms with van der Waals surface area (Å²) < 4.78 is 29.0. The molecule has 3 aliphatic rings. The lowest BCUT2D eigenvalue weighted by atomic mass is 9.76. The fourth-order valence-corrected chi connectivity index (χ4v) is 8.05. The van der Waals surface area contributed by atoms with Gasteiger partial charge in [0.25, 0.3) is 0 Å². The first-order chi connectivity index (χ1) is 21.7. The highest BCUT2D eigenvalue weighted by atomic mass is 19.1. The van der Waals surface area contributed by atoms with Gasteiger partial charge in [0.15, 0.2) is 5.82 Å². The van der Waals surface area contributed by atoms with Crippen LogP contribution < -0.4 is 9.64 Å². The van der Waals surface area contributed by atoms with E-state index in [-0.39, 0.29) is 41.5 Å². The van der Waals surface area contributed by atoms with Crippen LogP contribution in [0.2, 0.25) is 0 Å². The van der Waals surface area contributed by atoms with E-state index in [2.05, 4.69) is 23.9 Å². The van der Waals surface area contributed by atoms with E-state index in [0.29, 0.717) is 42.6 Å². The van der Waals surface area contributed by atoms with Crippen molar-refractivity contribution in [2.45, 2.75) is 64.0 Å². The maximum absolute atomic E-state index is 16.9. The van der Waals surface area contributed by atoms with Crippen LogP contribution in [0.5, 0.6) is 11.8 Å². The highest BCUT2D eigenvalue weighted by molar-refractivity contribution is 6.01. The molecule has 238 valence electrons. The molecule has 0 amide bonds. The van der Waals surface area contributed by atoms with Crippen LogP contribution in [0.4, 0.5) is 10.2 Å². The molecule has 4 aromatic rings. The molecule has 2 aliphatic heterocycles. The lowest BCUT2D eigenvalue weighted by Gasteiger charge is -2.44. The molecule has 10 heteroatoms. The van der Waals surface area contributed by atoms with Crippen LogP contribution in [0, 0.1) is 11.2 Å². The van der Waals surface area contributed by atoms with Crippen LogP contribution >= 0.6 is 0 Å². The molecule has 7 rings (SSSR count). The van der Waals surface area contributed by atoms with Gasteiger partial charge < -0.3 is 29.5 Å². The Morgan fingerprint density at radius 1 is 1.16 bits per heavy atom. The molecule has 3 fully saturated rings. The van der Waals surface area contributed by atoms with Crippen LogP contribution in [0.15, 0.2) is 36.5 Å². The van der Waals surface area contributed by atoms with Crippen molar-refractivity contribution in [2.75, 3.05) is 51.4 Å². The summed E-state index contributed by atoms with van der Waals surface area (Å²) in [5, 5.41) is 23.7. The minimum atomic E-state index is -1.12. The number of fused-ring (bicyclic) bond motifs is 3. The summed E-state index contributed by atoms with van der Waals surface area (Å²) in [6, 6.07) is 9.68. The number of β-amino-alcohol motifs (C(OH)–C–C–N with tert-alkyl or cyclic N) is 1. The molecule has 2 N–H and O–H groups in total. The number of aliphatic hydroxyl groups is 1. The number of ether oxygens (including phenoxy) is 2. The number of pyridine rings is 1. The predicted octanol–water partition coefficient (Wildman–Crippen LogP) is 5.48. The molecule has 0 radical (unpaired) electrons. The Morgan fingerprint density at radius 2 is 2.00 bits per heavy atom. The number of aromatic hydroxyl groups is 1. The Kier molecular flexibility index (Phi) is 7.78. The zero-order chi connectivity index (χ0) is 31.3. The van der Waals surface area contributed by atoms with E-state index in [0.717, 1.165) is 61.4 Å². The number of aryl methyl sites for hydroxylation is 1. The number of phenolic OH excluding ortho intramolecular Hbond substituents is 1. The van der Waals surface area contributed by atoms with Gasteiger partial charge in [-0.25, -0.2) is 4.39 Å². The van der Waals surface area contributed by atoms with Gasteiger partial charge in [-0.3, -0.25) is 4.98 Å². The van der Waals surface area contributed by atoms with Crippen LogP contribution in [-0.4, -0.2) is 88.2 Å².